The number of nitrogens with two attached hydrogens (primary N) is 1. The molecule has 114 valence electrons. The summed E-state index contributed by atoms with van der Waals surface area (Å²) in [5, 5.41) is 3.21. The maximum absolute atomic E-state index is 6.47. The van der Waals surface area contributed by atoms with Crippen LogP contribution in [0.3, 0.4) is 0 Å². The topological polar surface area (TPSA) is 38.0 Å². The Hall–Kier alpha value is -1.02. The quantitative estimate of drug-likeness (QED) is 0.644. The van der Waals surface area contributed by atoms with E-state index in [1.165, 1.54) is 16.7 Å². The number of benzene rings is 1. The Bertz CT molecular complexity index is 412. The van der Waals surface area contributed by atoms with Crippen molar-refractivity contribution in [3.8, 4) is 0 Å². The van der Waals surface area contributed by atoms with Gasteiger partial charge in [-0.1, -0.05) is 53.7 Å². The van der Waals surface area contributed by atoms with Crippen molar-refractivity contribution in [3.05, 3.63) is 28.8 Å². The lowest BCUT2D eigenvalue weighted by molar-refractivity contribution is 0.570. The van der Waals surface area contributed by atoms with Gasteiger partial charge in [-0.15, -0.1) is 0 Å². The van der Waals surface area contributed by atoms with E-state index in [1.54, 1.807) is 0 Å². The highest BCUT2D eigenvalue weighted by atomic mass is 14.8. The van der Waals surface area contributed by atoms with Crippen LogP contribution >= 0.6 is 0 Å². The molecule has 2 heteroatoms. The van der Waals surface area contributed by atoms with Crippen molar-refractivity contribution < 1.29 is 0 Å². The first-order chi connectivity index (χ1) is 9.07. The highest BCUT2D eigenvalue weighted by Crippen LogP contribution is 2.37. The number of anilines is 1. The minimum absolute atomic E-state index is 0.0864. The molecule has 1 rings (SSSR count). The zero-order chi connectivity index (χ0) is 15.6. The van der Waals surface area contributed by atoms with Crippen LogP contribution in [0.5, 0.6) is 0 Å². The molecule has 20 heavy (non-hydrogen) atoms. The van der Waals surface area contributed by atoms with Crippen molar-refractivity contribution >= 4 is 5.69 Å². The molecule has 0 atom stereocenters. The second-order valence-corrected chi connectivity index (χ2v) is 7.81. The Balaban J connectivity index is 3.28. The highest BCUT2D eigenvalue weighted by Gasteiger charge is 2.24. The van der Waals surface area contributed by atoms with Crippen LogP contribution in [0.4, 0.5) is 5.69 Å². The van der Waals surface area contributed by atoms with Gasteiger partial charge in [0.25, 0.3) is 0 Å². The average molecular weight is 276 g/mol. The van der Waals surface area contributed by atoms with Gasteiger partial charge in [0.1, 0.15) is 0 Å². The number of aryl methyl sites for hydroxylation is 1. The fourth-order valence-electron chi connectivity index (χ4n) is 2.57. The number of nitrogen functional groups attached to an aromatic ring is 1. The molecular formula is C18H32N2. The van der Waals surface area contributed by atoms with Gasteiger partial charge < -0.3 is 11.1 Å². The molecule has 0 fully saturated rings. The summed E-state index contributed by atoms with van der Waals surface area (Å²) in [5.41, 5.74) is 11.6. The van der Waals surface area contributed by atoms with Gasteiger partial charge in [0.2, 0.25) is 0 Å². The third-order valence-corrected chi connectivity index (χ3v) is 3.75. The molecule has 0 aromatic heterocycles. The Labute approximate surface area is 125 Å². The molecular weight excluding hydrogens is 244 g/mol. The number of hydrogen-bond donors (Lipinski definition) is 2. The number of rotatable bonds is 4. The summed E-state index contributed by atoms with van der Waals surface area (Å²) in [4.78, 5) is 0. The predicted molar refractivity (Wildman–Crippen MR) is 90.5 cm³/mol. The van der Waals surface area contributed by atoms with E-state index in [1.807, 2.05) is 7.05 Å². The Morgan fingerprint density at radius 1 is 0.950 bits per heavy atom. The zero-order valence-electron chi connectivity index (χ0n) is 14.4. The molecule has 0 aliphatic carbocycles. The summed E-state index contributed by atoms with van der Waals surface area (Å²) in [6.45, 7) is 14.5. The molecule has 0 aliphatic heterocycles. The van der Waals surface area contributed by atoms with Gasteiger partial charge >= 0.3 is 0 Å². The molecule has 0 saturated carbocycles. The van der Waals surface area contributed by atoms with Crippen LogP contribution in [0.2, 0.25) is 0 Å². The summed E-state index contributed by atoms with van der Waals surface area (Å²) in [6.07, 6.45) is 2.26. The summed E-state index contributed by atoms with van der Waals surface area (Å²) in [6, 6.07) is 4.61. The fraction of sp³-hybridized carbons (Fsp3) is 0.667. The molecule has 0 heterocycles. The summed E-state index contributed by atoms with van der Waals surface area (Å²) < 4.78 is 0. The van der Waals surface area contributed by atoms with Crippen molar-refractivity contribution in [3.63, 3.8) is 0 Å². The molecule has 1 aromatic rings. The van der Waals surface area contributed by atoms with E-state index >= 15 is 0 Å². The normalized spacial score (nSPS) is 12.8. The van der Waals surface area contributed by atoms with Crippen LogP contribution in [0.25, 0.3) is 0 Å². The second kappa shape index (κ2) is 6.17. The SMILES string of the molecule is CNCCCc1cc(C(C)(C)C)c(N)c(C(C)(C)C)c1. The van der Waals surface area contributed by atoms with Crippen LogP contribution in [0.15, 0.2) is 12.1 Å². The second-order valence-electron chi connectivity index (χ2n) is 7.81. The number of hydrogen-bond acceptors (Lipinski definition) is 2. The van der Waals surface area contributed by atoms with E-state index in [0.29, 0.717) is 0 Å². The standard InChI is InChI=1S/C18H32N2/c1-17(2,3)14-11-13(9-8-10-20-7)12-15(16(14)19)18(4,5)6/h11-12,20H,8-10,19H2,1-7H3. The van der Waals surface area contributed by atoms with E-state index in [4.69, 9.17) is 5.73 Å². The van der Waals surface area contributed by atoms with Gasteiger partial charge in [0.05, 0.1) is 0 Å². The zero-order valence-corrected chi connectivity index (χ0v) is 14.4. The first-order valence-electron chi connectivity index (χ1n) is 7.65. The van der Waals surface area contributed by atoms with Gasteiger partial charge in [-0.3, -0.25) is 0 Å². The molecule has 0 aliphatic rings. The van der Waals surface area contributed by atoms with E-state index in [0.717, 1.165) is 25.1 Å². The Morgan fingerprint density at radius 3 is 1.75 bits per heavy atom. The minimum Gasteiger partial charge on any atom is -0.398 e. The fourth-order valence-corrected chi connectivity index (χ4v) is 2.57. The predicted octanol–water partition coefficient (Wildman–Crippen LogP) is 4.02. The summed E-state index contributed by atoms with van der Waals surface area (Å²) in [7, 11) is 2.00. The lowest BCUT2D eigenvalue weighted by Crippen LogP contribution is -2.21. The summed E-state index contributed by atoms with van der Waals surface area (Å²) in [5.74, 6) is 0. The smallest absolute Gasteiger partial charge is 0.0390 e. The lowest BCUT2D eigenvalue weighted by atomic mass is 9.77. The average Bonchev–Trinajstić information content (AvgIpc) is 2.28. The largest absolute Gasteiger partial charge is 0.398 e. The van der Waals surface area contributed by atoms with Crippen LogP contribution in [-0.4, -0.2) is 13.6 Å². The molecule has 0 saturated heterocycles. The van der Waals surface area contributed by atoms with Gasteiger partial charge in [-0.05, 0) is 54.0 Å². The van der Waals surface area contributed by atoms with Crippen molar-refractivity contribution in [2.45, 2.75) is 65.2 Å². The lowest BCUT2D eigenvalue weighted by Gasteiger charge is -2.29. The molecule has 0 unspecified atom stereocenters. The van der Waals surface area contributed by atoms with Crippen LogP contribution in [0, 0.1) is 0 Å². The Kier molecular flexibility index (Phi) is 5.26. The molecule has 0 spiro atoms. The maximum atomic E-state index is 6.47. The van der Waals surface area contributed by atoms with Gasteiger partial charge in [0, 0.05) is 5.69 Å². The van der Waals surface area contributed by atoms with Gasteiger partial charge in [-0.2, -0.15) is 0 Å². The Morgan fingerprint density at radius 2 is 1.40 bits per heavy atom. The number of nitrogens with one attached hydrogen (secondary N) is 1. The molecule has 1 aromatic carbocycles. The van der Waals surface area contributed by atoms with E-state index in [9.17, 15) is 0 Å². The van der Waals surface area contributed by atoms with Crippen LogP contribution < -0.4 is 11.1 Å². The van der Waals surface area contributed by atoms with Gasteiger partial charge in [0.15, 0.2) is 0 Å². The molecule has 0 amide bonds. The molecule has 0 radical (unpaired) electrons. The molecule has 0 bridgehead atoms. The van der Waals surface area contributed by atoms with Gasteiger partial charge in [-0.25, -0.2) is 0 Å². The summed E-state index contributed by atoms with van der Waals surface area (Å²) >= 11 is 0. The minimum atomic E-state index is 0.0864. The van der Waals surface area contributed by atoms with E-state index < -0.39 is 0 Å². The van der Waals surface area contributed by atoms with Crippen molar-refractivity contribution in [1.29, 1.82) is 0 Å². The van der Waals surface area contributed by atoms with E-state index in [-0.39, 0.29) is 10.8 Å². The van der Waals surface area contributed by atoms with Crippen molar-refractivity contribution in [2.75, 3.05) is 19.3 Å². The third-order valence-electron chi connectivity index (χ3n) is 3.75. The van der Waals surface area contributed by atoms with E-state index in [2.05, 4.69) is 59.0 Å². The van der Waals surface area contributed by atoms with Crippen molar-refractivity contribution in [1.82, 2.24) is 5.32 Å². The first kappa shape index (κ1) is 17.0. The van der Waals surface area contributed by atoms with Crippen LogP contribution in [-0.2, 0) is 17.3 Å². The third kappa shape index (κ3) is 4.24. The monoisotopic (exact) mass is 276 g/mol. The molecule has 2 nitrogen and oxygen atoms in total. The van der Waals surface area contributed by atoms with Crippen molar-refractivity contribution in [2.24, 2.45) is 0 Å². The maximum Gasteiger partial charge on any atom is 0.0390 e. The highest BCUT2D eigenvalue weighted by molar-refractivity contribution is 5.60. The molecule has 3 N–H and O–H groups in total. The van der Waals surface area contributed by atoms with Crippen LogP contribution in [0.1, 0.15) is 64.7 Å². The first-order valence-corrected chi connectivity index (χ1v) is 7.65.